The Morgan fingerprint density at radius 1 is 0.920 bits per heavy atom. The van der Waals surface area contributed by atoms with Gasteiger partial charge >= 0.3 is 0 Å². The molecule has 136 valence electrons. The normalized spacial score (nSPS) is 19.2. The van der Waals surface area contributed by atoms with Gasteiger partial charge in [-0.25, -0.2) is 0 Å². The zero-order chi connectivity index (χ0) is 17.8. The molecule has 0 aliphatic carbocycles. The van der Waals surface area contributed by atoms with Crippen LogP contribution in [-0.4, -0.2) is 96.2 Å². The van der Waals surface area contributed by atoms with Gasteiger partial charge in [-0.1, -0.05) is 0 Å². The van der Waals surface area contributed by atoms with E-state index < -0.39 is 0 Å². The monoisotopic (exact) mass is 348 g/mol. The van der Waals surface area contributed by atoms with Gasteiger partial charge in [0.1, 0.15) is 0 Å². The smallest absolute Gasteiger partial charge is 0.289 e. The van der Waals surface area contributed by atoms with Crippen molar-refractivity contribution < 1.29 is 18.8 Å². The zero-order valence-electron chi connectivity index (χ0n) is 14.5. The first kappa shape index (κ1) is 17.5. The third-order valence-electron chi connectivity index (χ3n) is 4.83. The molecule has 2 saturated heterocycles. The van der Waals surface area contributed by atoms with Crippen LogP contribution in [0, 0.1) is 0 Å². The molecule has 0 N–H and O–H groups in total. The molecule has 3 heterocycles. The van der Waals surface area contributed by atoms with Crippen LogP contribution in [0.5, 0.6) is 0 Å². The molecule has 0 saturated carbocycles. The maximum absolute atomic E-state index is 12.5. The number of furan rings is 1. The van der Waals surface area contributed by atoms with Gasteiger partial charge in [0.15, 0.2) is 5.76 Å². The molecular weight excluding hydrogens is 324 g/mol. The summed E-state index contributed by atoms with van der Waals surface area (Å²) in [5.41, 5.74) is 0. The van der Waals surface area contributed by atoms with Crippen molar-refractivity contribution in [1.82, 2.24) is 19.6 Å². The first-order chi connectivity index (χ1) is 12.0. The number of hydrogen-bond donors (Lipinski definition) is 0. The highest BCUT2D eigenvalue weighted by molar-refractivity contribution is 5.91. The number of hydrogen-bond acceptors (Lipinski definition) is 5. The van der Waals surface area contributed by atoms with Crippen LogP contribution in [0.15, 0.2) is 22.8 Å². The van der Waals surface area contributed by atoms with E-state index in [0.717, 1.165) is 13.1 Å². The molecule has 8 heteroatoms. The number of piperazine rings is 2. The molecule has 2 aliphatic rings. The number of carbonyl (C=O) groups is 3. The van der Waals surface area contributed by atoms with E-state index in [9.17, 15) is 14.4 Å². The van der Waals surface area contributed by atoms with Crippen LogP contribution in [0.3, 0.4) is 0 Å². The Bertz CT molecular complexity index is 615. The molecule has 3 amide bonds. The SMILES string of the molecule is CC(=O)N1CCN(CC(=O)N2CCN(C(=O)c3ccco3)CC2)CC1. The van der Waals surface area contributed by atoms with Gasteiger partial charge < -0.3 is 19.1 Å². The minimum atomic E-state index is -0.127. The molecule has 8 nitrogen and oxygen atoms in total. The highest BCUT2D eigenvalue weighted by Gasteiger charge is 2.27. The summed E-state index contributed by atoms with van der Waals surface area (Å²) in [4.78, 5) is 43.5. The summed E-state index contributed by atoms with van der Waals surface area (Å²) in [5.74, 6) is 0.380. The third-order valence-corrected chi connectivity index (χ3v) is 4.83. The van der Waals surface area contributed by atoms with Crippen LogP contribution in [0.1, 0.15) is 17.5 Å². The molecule has 0 aromatic carbocycles. The van der Waals surface area contributed by atoms with Crippen LogP contribution in [0.25, 0.3) is 0 Å². The minimum absolute atomic E-state index is 0.0846. The molecule has 0 unspecified atom stereocenters. The Morgan fingerprint density at radius 2 is 1.52 bits per heavy atom. The first-order valence-corrected chi connectivity index (χ1v) is 8.63. The molecule has 1 aromatic heterocycles. The molecule has 3 rings (SSSR count). The van der Waals surface area contributed by atoms with Crippen molar-refractivity contribution in [2.24, 2.45) is 0 Å². The highest BCUT2D eigenvalue weighted by atomic mass is 16.3. The lowest BCUT2D eigenvalue weighted by molar-refractivity contribution is -0.135. The summed E-state index contributed by atoms with van der Waals surface area (Å²) in [7, 11) is 0. The van der Waals surface area contributed by atoms with E-state index in [1.807, 2.05) is 4.90 Å². The number of rotatable bonds is 3. The van der Waals surface area contributed by atoms with Crippen LogP contribution < -0.4 is 0 Å². The second-order valence-corrected chi connectivity index (χ2v) is 6.43. The lowest BCUT2D eigenvalue weighted by Gasteiger charge is -2.37. The zero-order valence-corrected chi connectivity index (χ0v) is 14.5. The average molecular weight is 348 g/mol. The standard InChI is InChI=1S/C17H24N4O4/c1-14(22)19-6-4-18(5-7-19)13-16(23)20-8-10-21(11-9-20)17(24)15-3-2-12-25-15/h2-3,12H,4-11,13H2,1H3. The molecule has 0 radical (unpaired) electrons. The van der Waals surface area contributed by atoms with Crippen LogP contribution >= 0.6 is 0 Å². The number of nitrogens with zero attached hydrogens (tertiary/aromatic N) is 4. The summed E-state index contributed by atoms with van der Waals surface area (Å²) < 4.78 is 5.14. The lowest BCUT2D eigenvalue weighted by atomic mass is 10.2. The van der Waals surface area contributed by atoms with Crippen LogP contribution in [0.2, 0.25) is 0 Å². The fraction of sp³-hybridized carbons (Fsp3) is 0.588. The average Bonchev–Trinajstić information content (AvgIpc) is 3.16. The summed E-state index contributed by atoms with van der Waals surface area (Å²) in [6.07, 6.45) is 1.48. The molecule has 1 aromatic rings. The molecule has 25 heavy (non-hydrogen) atoms. The van der Waals surface area contributed by atoms with Gasteiger partial charge in [0, 0.05) is 59.3 Å². The quantitative estimate of drug-likeness (QED) is 0.751. The van der Waals surface area contributed by atoms with Crippen LogP contribution in [0.4, 0.5) is 0 Å². The van der Waals surface area contributed by atoms with E-state index in [4.69, 9.17) is 4.42 Å². The molecule has 2 fully saturated rings. The molecule has 2 aliphatic heterocycles. The van der Waals surface area contributed by atoms with Crippen molar-refractivity contribution in [3.8, 4) is 0 Å². The Hall–Kier alpha value is -2.35. The van der Waals surface area contributed by atoms with E-state index in [0.29, 0.717) is 51.6 Å². The maximum Gasteiger partial charge on any atom is 0.289 e. The van der Waals surface area contributed by atoms with E-state index in [2.05, 4.69) is 4.90 Å². The van der Waals surface area contributed by atoms with Gasteiger partial charge in [-0.15, -0.1) is 0 Å². The Balaban J connectivity index is 1.43. The van der Waals surface area contributed by atoms with E-state index in [1.54, 1.807) is 28.9 Å². The van der Waals surface area contributed by atoms with Crippen molar-refractivity contribution in [2.75, 3.05) is 58.9 Å². The topological polar surface area (TPSA) is 77.3 Å². The fourth-order valence-electron chi connectivity index (χ4n) is 3.23. The van der Waals surface area contributed by atoms with E-state index >= 15 is 0 Å². The van der Waals surface area contributed by atoms with Crippen molar-refractivity contribution in [1.29, 1.82) is 0 Å². The molecular formula is C17H24N4O4. The summed E-state index contributed by atoms with van der Waals surface area (Å²) in [6, 6.07) is 3.35. The minimum Gasteiger partial charge on any atom is -0.459 e. The van der Waals surface area contributed by atoms with Crippen molar-refractivity contribution in [2.45, 2.75) is 6.92 Å². The second kappa shape index (κ2) is 7.69. The highest BCUT2D eigenvalue weighted by Crippen LogP contribution is 2.10. The summed E-state index contributed by atoms with van der Waals surface area (Å²) in [5, 5.41) is 0. The number of carbonyl (C=O) groups excluding carboxylic acids is 3. The Morgan fingerprint density at radius 3 is 2.08 bits per heavy atom. The predicted octanol–water partition coefficient (Wildman–Crippen LogP) is -0.272. The van der Waals surface area contributed by atoms with Gasteiger partial charge in [-0.3, -0.25) is 19.3 Å². The van der Waals surface area contributed by atoms with Gasteiger partial charge in [0.05, 0.1) is 12.8 Å². The molecule has 0 bridgehead atoms. The van der Waals surface area contributed by atoms with Crippen molar-refractivity contribution in [3.63, 3.8) is 0 Å². The van der Waals surface area contributed by atoms with Gasteiger partial charge in [0.2, 0.25) is 11.8 Å². The van der Waals surface area contributed by atoms with E-state index in [1.165, 1.54) is 6.26 Å². The van der Waals surface area contributed by atoms with Gasteiger partial charge in [-0.05, 0) is 12.1 Å². The van der Waals surface area contributed by atoms with E-state index in [-0.39, 0.29) is 17.7 Å². The summed E-state index contributed by atoms with van der Waals surface area (Å²) in [6.45, 7) is 6.86. The third kappa shape index (κ3) is 4.19. The van der Waals surface area contributed by atoms with Crippen molar-refractivity contribution >= 4 is 17.7 Å². The van der Waals surface area contributed by atoms with Gasteiger partial charge in [-0.2, -0.15) is 0 Å². The molecule has 0 atom stereocenters. The fourth-order valence-corrected chi connectivity index (χ4v) is 3.23. The second-order valence-electron chi connectivity index (χ2n) is 6.43. The number of amides is 3. The van der Waals surface area contributed by atoms with Crippen LogP contribution in [-0.2, 0) is 9.59 Å². The lowest BCUT2D eigenvalue weighted by Crippen LogP contribution is -2.55. The Kier molecular flexibility index (Phi) is 5.37. The first-order valence-electron chi connectivity index (χ1n) is 8.63. The van der Waals surface area contributed by atoms with Gasteiger partial charge in [0.25, 0.3) is 5.91 Å². The summed E-state index contributed by atoms with van der Waals surface area (Å²) >= 11 is 0. The predicted molar refractivity (Wildman–Crippen MR) is 89.9 cm³/mol. The Labute approximate surface area is 146 Å². The maximum atomic E-state index is 12.5. The largest absolute Gasteiger partial charge is 0.459 e. The molecule has 0 spiro atoms. The van der Waals surface area contributed by atoms with Crippen molar-refractivity contribution in [3.05, 3.63) is 24.2 Å².